The van der Waals surface area contributed by atoms with Crippen LogP contribution in [0.5, 0.6) is 0 Å². The largest absolute Gasteiger partial charge is 0.309 e. The van der Waals surface area contributed by atoms with E-state index >= 15 is 0 Å². The number of aromatic nitrogens is 3. The first kappa shape index (κ1) is 30.7. The van der Waals surface area contributed by atoms with Crippen LogP contribution in [-0.4, -0.2) is 13.7 Å². The third kappa shape index (κ3) is 4.45. The number of hydrogen-bond acceptors (Lipinski definition) is 2. The first-order valence-electron chi connectivity index (χ1n) is 18.3. The molecule has 254 valence electrons. The Kier molecular flexibility index (Phi) is 6.61. The van der Waals surface area contributed by atoms with Crippen LogP contribution in [0.3, 0.4) is 0 Å². The fraction of sp³-hybridized carbons (Fsp3) is 0. The molecular weight excluding hydrogens is 671 g/mol. The van der Waals surface area contributed by atoms with Gasteiger partial charge in [-0.2, -0.15) is 10.5 Å². The molecule has 3 aromatic heterocycles. The molecule has 0 bridgehead atoms. The molecule has 0 aliphatic carbocycles. The normalized spacial score (nSPS) is 11.6. The smallest absolute Gasteiger partial charge is 0.101 e. The van der Waals surface area contributed by atoms with Crippen LogP contribution in [0.4, 0.5) is 0 Å². The number of nitrogens with zero attached hydrogens (tertiary/aromatic N) is 5. The van der Waals surface area contributed by atoms with Gasteiger partial charge in [-0.15, -0.1) is 0 Å². The lowest BCUT2D eigenvalue weighted by Gasteiger charge is -2.17. The van der Waals surface area contributed by atoms with E-state index < -0.39 is 0 Å². The molecule has 0 amide bonds. The summed E-state index contributed by atoms with van der Waals surface area (Å²) in [6, 6.07) is 65.9. The minimum absolute atomic E-state index is 0.564. The van der Waals surface area contributed by atoms with Crippen LogP contribution in [0.2, 0.25) is 0 Å². The van der Waals surface area contributed by atoms with Crippen molar-refractivity contribution in [2.75, 3.05) is 0 Å². The van der Waals surface area contributed by atoms with Crippen LogP contribution in [0.25, 0.3) is 93.6 Å². The van der Waals surface area contributed by atoms with Gasteiger partial charge in [0.25, 0.3) is 0 Å². The molecule has 55 heavy (non-hydrogen) atoms. The van der Waals surface area contributed by atoms with Crippen molar-refractivity contribution in [3.8, 4) is 40.3 Å². The Bertz CT molecular complexity index is 3350. The van der Waals surface area contributed by atoms with Crippen molar-refractivity contribution in [1.82, 2.24) is 13.7 Å². The number of hydrogen-bond donors (Lipinski definition) is 0. The quantitative estimate of drug-likeness (QED) is 0.184. The van der Waals surface area contributed by atoms with Gasteiger partial charge in [-0.25, -0.2) is 0 Å². The van der Waals surface area contributed by atoms with Gasteiger partial charge < -0.3 is 13.7 Å². The topological polar surface area (TPSA) is 62.4 Å². The fourth-order valence-corrected chi connectivity index (χ4v) is 8.76. The Hall–Kier alpha value is -7.86. The molecule has 11 aromatic rings. The van der Waals surface area contributed by atoms with E-state index in [1.165, 1.54) is 21.5 Å². The maximum Gasteiger partial charge on any atom is 0.101 e. The van der Waals surface area contributed by atoms with Crippen molar-refractivity contribution < 1.29 is 0 Å². The highest BCUT2D eigenvalue weighted by Gasteiger charge is 2.21. The van der Waals surface area contributed by atoms with Crippen LogP contribution in [0, 0.1) is 22.7 Å². The molecule has 0 N–H and O–H groups in total. The van der Waals surface area contributed by atoms with Crippen LogP contribution < -0.4 is 0 Å². The highest BCUT2D eigenvalue weighted by molar-refractivity contribution is 6.13. The molecule has 0 aliphatic heterocycles. The van der Waals surface area contributed by atoms with Crippen LogP contribution in [-0.2, 0) is 0 Å². The first-order chi connectivity index (χ1) is 27.2. The van der Waals surface area contributed by atoms with Crippen molar-refractivity contribution >= 4 is 65.4 Å². The fourth-order valence-electron chi connectivity index (χ4n) is 8.76. The lowest BCUT2D eigenvalue weighted by atomic mass is 9.99. The van der Waals surface area contributed by atoms with E-state index in [1.807, 2.05) is 30.3 Å². The second-order valence-corrected chi connectivity index (χ2v) is 14.0. The summed E-state index contributed by atoms with van der Waals surface area (Å²) in [4.78, 5) is 0. The zero-order valence-corrected chi connectivity index (χ0v) is 29.5. The number of fused-ring (bicyclic) bond motifs is 9. The Labute approximate surface area is 316 Å². The SMILES string of the molecule is N#Cc1ccc2c(c1)c1ccc(-n3c4ccccc4c4ccccc43)cc1n2-c1c(C#N)cccc1-c1ccc(-n2c3ccccc3c3ccccc32)cc1. The van der Waals surface area contributed by atoms with Gasteiger partial charge in [0, 0.05) is 49.3 Å². The number of rotatable bonds is 4. The maximum atomic E-state index is 10.7. The molecule has 0 saturated carbocycles. The summed E-state index contributed by atoms with van der Waals surface area (Å²) in [7, 11) is 0. The third-order valence-electron chi connectivity index (χ3n) is 11.1. The Morgan fingerprint density at radius 3 is 1.42 bits per heavy atom. The average molecular weight is 700 g/mol. The second-order valence-electron chi connectivity index (χ2n) is 14.0. The average Bonchev–Trinajstić information content (AvgIpc) is 3.88. The summed E-state index contributed by atoms with van der Waals surface area (Å²) >= 11 is 0. The molecule has 0 atom stereocenters. The summed E-state index contributed by atoms with van der Waals surface area (Å²) < 4.78 is 6.85. The zero-order chi connectivity index (χ0) is 36.6. The summed E-state index contributed by atoms with van der Waals surface area (Å²) in [5.74, 6) is 0. The Morgan fingerprint density at radius 1 is 0.345 bits per heavy atom. The van der Waals surface area contributed by atoms with E-state index in [4.69, 9.17) is 0 Å². The van der Waals surface area contributed by atoms with Gasteiger partial charge in [-0.3, -0.25) is 0 Å². The Morgan fingerprint density at radius 2 is 0.855 bits per heavy atom. The van der Waals surface area contributed by atoms with Crippen molar-refractivity contribution in [2.24, 2.45) is 0 Å². The number of nitriles is 2. The van der Waals surface area contributed by atoms with Gasteiger partial charge in [0.05, 0.1) is 56.0 Å². The molecule has 11 rings (SSSR count). The molecular formula is C50H29N5. The summed E-state index contributed by atoms with van der Waals surface area (Å²) in [5, 5.41) is 27.5. The Balaban J connectivity index is 1.16. The van der Waals surface area contributed by atoms with E-state index in [0.29, 0.717) is 11.1 Å². The molecule has 0 radical (unpaired) electrons. The van der Waals surface area contributed by atoms with Crippen molar-refractivity contribution in [1.29, 1.82) is 10.5 Å². The highest BCUT2D eigenvalue weighted by Crippen LogP contribution is 2.41. The standard InChI is InChI=1S/C50H29N5/c51-30-32-20-27-48-43(28-32)42-26-25-36(54-46-18-7-3-13-40(46)41-14-4-8-19-47(41)54)29-49(42)55(48)50-34(31-52)10-9-15-37(50)33-21-23-35(24-22-33)53-44-16-5-1-11-38(44)39-12-2-6-17-45(39)53/h1-29H. The lowest BCUT2D eigenvalue weighted by molar-refractivity contribution is 1.15. The molecule has 3 heterocycles. The van der Waals surface area contributed by atoms with E-state index in [9.17, 15) is 10.5 Å². The molecule has 0 unspecified atom stereocenters. The minimum Gasteiger partial charge on any atom is -0.309 e. The maximum absolute atomic E-state index is 10.7. The van der Waals surface area contributed by atoms with Crippen LogP contribution in [0.15, 0.2) is 176 Å². The van der Waals surface area contributed by atoms with E-state index in [2.05, 4.69) is 171 Å². The van der Waals surface area contributed by atoms with Gasteiger partial charge in [0.1, 0.15) is 6.07 Å². The van der Waals surface area contributed by atoms with Gasteiger partial charge in [-0.05, 0) is 78.4 Å². The molecule has 5 nitrogen and oxygen atoms in total. The van der Waals surface area contributed by atoms with E-state index in [-0.39, 0.29) is 0 Å². The number of para-hydroxylation sites is 5. The molecule has 0 fully saturated rings. The monoisotopic (exact) mass is 699 g/mol. The highest BCUT2D eigenvalue weighted by atomic mass is 15.0. The zero-order valence-electron chi connectivity index (χ0n) is 29.5. The lowest BCUT2D eigenvalue weighted by Crippen LogP contribution is -2.02. The van der Waals surface area contributed by atoms with Gasteiger partial charge in [0.15, 0.2) is 0 Å². The number of benzene rings is 8. The summed E-state index contributed by atoms with van der Waals surface area (Å²) in [6.07, 6.45) is 0. The third-order valence-corrected chi connectivity index (χ3v) is 11.1. The predicted molar refractivity (Wildman–Crippen MR) is 224 cm³/mol. The summed E-state index contributed by atoms with van der Waals surface area (Å²) in [5.41, 5.74) is 12.4. The molecule has 0 saturated heterocycles. The van der Waals surface area contributed by atoms with Crippen LogP contribution >= 0.6 is 0 Å². The summed E-state index contributed by atoms with van der Waals surface area (Å²) in [6.45, 7) is 0. The minimum atomic E-state index is 0.564. The van der Waals surface area contributed by atoms with Gasteiger partial charge >= 0.3 is 0 Å². The molecule has 8 aromatic carbocycles. The predicted octanol–water partition coefficient (Wildman–Crippen LogP) is 12.4. The van der Waals surface area contributed by atoms with E-state index in [1.54, 1.807) is 0 Å². The van der Waals surface area contributed by atoms with E-state index in [0.717, 1.165) is 72.1 Å². The van der Waals surface area contributed by atoms with Gasteiger partial charge in [-0.1, -0.05) is 103 Å². The van der Waals surface area contributed by atoms with Gasteiger partial charge in [0.2, 0.25) is 0 Å². The molecule has 0 spiro atoms. The van der Waals surface area contributed by atoms with Crippen molar-refractivity contribution in [3.63, 3.8) is 0 Å². The second kappa shape index (κ2) is 11.8. The van der Waals surface area contributed by atoms with Crippen LogP contribution in [0.1, 0.15) is 11.1 Å². The van der Waals surface area contributed by atoms with Crippen molar-refractivity contribution in [2.45, 2.75) is 0 Å². The molecule has 0 aliphatic rings. The molecule has 5 heteroatoms. The first-order valence-corrected chi connectivity index (χ1v) is 18.3. The van der Waals surface area contributed by atoms with Crippen molar-refractivity contribution in [3.05, 3.63) is 187 Å².